The fourth-order valence-corrected chi connectivity index (χ4v) is 2.16. The highest BCUT2D eigenvalue weighted by atomic mass is 16.3. The molecule has 3 nitrogen and oxygen atoms in total. The zero-order valence-corrected chi connectivity index (χ0v) is 15.7. The highest BCUT2D eigenvalue weighted by molar-refractivity contribution is 5.87. The first kappa shape index (κ1) is 23.1. The minimum absolute atomic E-state index is 0.0437. The van der Waals surface area contributed by atoms with Crippen molar-refractivity contribution in [1.29, 1.82) is 0 Å². The summed E-state index contributed by atoms with van der Waals surface area (Å²) in [4.78, 5) is 11.2. The predicted octanol–water partition coefficient (Wildman–Crippen LogP) is 5.02. The molecule has 0 heterocycles. The molecule has 0 aromatic rings. The molecule has 0 radical (unpaired) electrons. The lowest BCUT2D eigenvalue weighted by Crippen LogP contribution is -2.24. The van der Waals surface area contributed by atoms with Gasteiger partial charge in [-0.25, -0.2) is 0 Å². The van der Waals surface area contributed by atoms with E-state index in [-0.39, 0.29) is 19.1 Å². The van der Waals surface area contributed by atoms with Gasteiger partial charge < -0.3 is 10.4 Å². The van der Waals surface area contributed by atoms with E-state index in [1.54, 1.807) is 12.2 Å². The van der Waals surface area contributed by atoms with Gasteiger partial charge >= 0.3 is 0 Å². The number of carbonyl (C=O) groups is 1. The van der Waals surface area contributed by atoms with E-state index in [4.69, 9.17) is 5.11 Å². The molecule has 2 N–H and O–H groups in total. The lowest BCUT2D eigenvalue weighted by atomic mass is 10.1. The van der Waals surface area contributed by atoms with Gasteiger partial charge in [0.2, 0.25) is 5.91 Å². The molecule has 0 aliphatic carbocycles. The van der Waals surface area contributed by atoms with Crippen molar-refractivity contribution in [3.05, 3.63) is 60.8 Å². The summed E-state index contributed by atoms with van der Waals surface area (Å²) in [5.74, 6) is -0.200. The van der Waals surface area contributed by atoms with Gasteiger partial charge in [-0.1, -0.05) is 100 Å². The summed E-state index contributed by atoms with van der Waals surface area (Å²) in [6.45, 7) is 2.49. The Morgan fingerprint density at radius 3 is 2.00 bits per heavy atom. The van der Waals surface area contributed by atoms with E-state index in [9.17, 15) is 4.79 Å². The fourth-order valence-electron chi connectivity index (χ4n) is 2.16. The average Bonchev–Trinajstić information content (AvgIpc) is 2.62. The zero-order chi connectivity index (χ0) is 18.4. The fraction of sp³-hybridized carbons (Fsp3) is 0.500. The van der Waals surface area contributed by atoms with Gasteiger partial charge in [0.15, 0.2) is 0 Å². The molecule has 1 amide bonds. The van der Waals surface area contributed by atoms with Gasteiger partial charge in [0, 0.05) is 12.6 Å². The maximum absolute atomic E-state index is 11.2. The summed E-state index contributed by atoms with van der Waals surface area (Å²) in [6.07, 6.45) is 29.6. The van der Waals surface area contributed by atoms with Crippen LogP contribution in [-0.2, 0) is 4.79 Å². The largest absolute Gasteiger partial charge is 0.395 e. The van der Waals surface area contributed by atoms with Crippen molar-refractivity contribution in [2.75, 3.05) is 13.2 Å². The Bertz CT molecular complexity index is 445. The quantitative estimate of drug-likeness (QED) is 0.249. The molecule has 25 heavy (non-hydrogen) atoms. The molecule has 0 saturated carbocycles. The van der Waals surface area contributed by atoms with Crippen LogP contribution in [0.1, 0.15) is 58.3 Å². The Balaban J connectivity index is 3.59. The van der Waals surface area contributed by atoms with Gasteiger partial charge in [-0.2, -0.15) is 0 Å². The average molecular weight is 346 g/mol. The molecule has 0 aromatic carbocycles. The Morgan fingerprint density at radius 1 is 0.800 bits per heavy atom. The van der Waals surface area contributed by atoms with Gasteiger partial charge in [-0.05, 0) is 12.8 Å². The number of hydrogen-bond donors (Lipinski definition) is 2. The second kappa shape index (κ2) is 20.2. The van der Waals surface area contributed by atoms with Gasteiger partial charge in [0.1, 0.15) is 0 Å². The first-order valence-electron chi connectivity index (χ1n) is 9.53. The van der Waals surface area contributed by atoms with Crippen LogP contribution in [0.5, 0.6) is 0 Å². The van der Waals surface area contributed by atoms with Crippen LogP contribution in [0.15, 0.2) is 60.8 Å². The number of unbranched alkanes of at least 4 members (excludes halogenated alkanes) is 7. The van der Waals surface area contributed by atoms with Crippen LogP contribution in [-0.4, -0.2) is 24.2 Å². The van der Waals surface area contributed by atoms with Crippen molar-refractivity contribution >= 4 is 5.91 Å². The highest BCUT2D eigenvalue weighted by Crippen LogP contribution is 2.08. The minimum atomic E-state index is -0.200. The zero-order valence-electron chi connectivity index (χ0n) is 15.7. The summed E-state index contributed by atoms with van der Waals surface area (Å²) >= 11 is 0. The summed E-state index contributed by atoms with van der Waals surface area (Å²) in [7, 11) is 0. The van der Waals surface area contributed by atoms with Crippen molar-refractivity contribution in [2.24, 2.45) is 0 Å². The molecule has 0 bridgehead atoms. The Labute approximate surface area is 153 Å². The van der Waals surface area contributed by atoms with Crippen molar-refractivity contribution in [2.45, 2.75) is 58.3 Å². The molecule has 0 unspecified atom stereocenters. The van der Waals surface area contributed by atoms with Crippen molar-refractivity contribution in [3.63, 3.8) is 0 Å². The smallest absolute Gasteiger partial charge is 0.244 e. The number of aliphatic hydroxyl groups is 1. The van der Waals surface area contributed by atoms with E-state index in [1.807, 2.05) is 30.4 Å². The maximum Gasteiger partial charge on any atom is 0.244 e. The number of carbonyl (C=O) groups excluding carboxylic acids is 1. The van der Waals surface area contributed by atoms with Gasteiger partial charge in [0.05, 0.1) is 6.61 Å². The molecule has 0 aliphatic rings. The van der Waals surface area contributed by atoms with Crippen LogP contribution in [0.25, 0.3) is 0 Å². The van der Waals surface area contributed by atoms with Gasteiger partial charge in [0.25, 0.3) is 0 Å². The molecular weight excluding hydrogens is 310 g/mol. The van der Waals surface area contributed by atoms with Crippen LogP contribution >= 0.6 is 0 Å². The predicted molar refractivity (Wildman–Crippen MR) is 108 cm³/mol. The highest BCUT2D eigenvalue weighted by Gasteiger charge is 1.90. The molecule has 0 aliphatic heterocycles. The number of hydrogen-bond acceptors (Lipinski definition) is 2. The van der Waals surface area contributed by atoms with Crippen LogP contribution in [0.4, 0.5) is 0 Å². The monoisotopic (exact) mass is 345 g/mol. The van der Waals surface area contributed by atoms with Crippen LogP contribution < -0.4 is 5.32 Å². The molecule has 0 saturated heterocycles. The number of allylic oxidation sites excluding steroid dienone is 9. The van der Waals surface area contributed by atoms with E-state index < -0.39 is 0 Å². The van der Waals surface area contributed by atoms with Crippen molar-refractivity contribution < 1.29 is 9.90 Å². The maximum atomic E-state index is 11.2. The summed E-state index contributed by atoms with van der Waals surface area (Å²) in [6, 6.07) is 0. The Morgan fingerprint density at radius 2 is 1.36 bits per heavy atom. The first-order valence-corrected chi connectivity index (χ1v) is 9.53. The molecule has 140 valence electrons. The lowest BCUT2D eigenvalue weighted by Gasteiger charge is -1.98. The minimum Gasteiger partial charge on any atom is -0.395 e. The lowest BCUT2D eigenvalue weighted by molar-refractivity contribution is -0.116. The van der Waals surface area contributed by atoms with E-state index in [0.29, 0.717) is 0 Å². The third kappa shape index (κ3) is 20.1. The number of amides is 1. The summed E-state index contributed by atoms with van der Waals surface area (Å²) < 4.78 is 0. The second-order valence-electron chi connectivity index (χ2n) is 5.87. The summed E-state index contributed by atoms with van der Waals surface area (Å²) in [5.41, 5.74) is 0. The molecule has 0 spiro atoms. The topological polar surface area (TPSA) is 49.3 Å². The second-order valence-corrected chi connectivity index (χ2v) is 5.87. The third-order valence-electron chi connectivity index (χ3n) is 3.55. The van der Waals surface area contributed by atoms with E-state index in [2.05, 4.69) is 24.4 Å². The van der Waals surface area contributed by atoms with E-state index >= 15 is 0 Å². The Kier molecular flexibility index (Phi) is 18.7. The number of nitrogens with one attached hydrogen (secondary N) is 1. The van der Waals surface area contributed by atoms with E-state index in [0.717, 1.165) is 6.42 Å². The molecule has 0 aromatic heterocycles. The van der Waals surface area contributed by atoms with Gasteiger partial charge in [-0.15, -0.1) is 0 Å². The van der Waals surface area contributed by atoms with Crippen molar-refractivity contribution in [3.8, 4) is 0 Å². The number of rotatable bonds is 15. The Hall–Kier alpha value is -1.87. The molecular formula is C22H35NO2. The van der Waals surface area contributed by atoms with E-state index in [1.165, 1.54) is 51.0 Å². The normalized spacial score (nSPS) is 12.6. The molecule has 3 heteroatoms. The molecule has 0 rings (SSSR count). The molecule has 0 atom stereocenters. The third-order valence-corrected chi connectivity index (χ3v) is 3.55. The van der Waals surface area contributed by atoms with Crippen LogP contribution in [0.2, 0.25) is 0 Å². The number of aliphatic hydroxyl groups excluding tert-OH is 1. The van der Waals surface area contributed by atoms with Crippen molar-refractivity contribution in [1.82, 2.24) is 5.32 Å². The standard InChI is InChI=1S/C22H35NO2/c1-2-3-4-5-6-7-8-9-10-11-12-13-14-15-16-17-18-19-22(25)23-20-21-24/h10-19,24H,2-9,20-21H2,1H3,(H,23,25)/b11-10+,13-12+,15-14+,17-16+,19-18+. The van der Waals surface area contributed by atoms with Gasteiger partial charge in [-0.3, -0.25) is 4.79 Å². The summed E-state index contributed by atoms with van der Waals surface area (Å²) in [5, 5.41) is 11.1. The SMILES string of the molecule is CCCCCCCCC/C=C/C=C/C=C/C=C/C=C/C(=O)NCCO. The first-order chi connectivity index (χ1) is 12.3. The van der Waals surface area contributed by atoms with Crippen LogP contribution in [0, 0.1) is 0 Å². The molecule has 0 fully saturated rings. The van der Waals surface area contributed by atoms with Crippen LogP contribution in [0.3, 0.4) is 0 Å².